The molecule has 0 fully saturated rings. The number of fused-ring (bicyclic) bond motifs is 1. The molecule has 178 valence electrons. The van der Waals surface area contributed by atoms with Gasteiger partial charge in [-0.1, -0.05) is 48.0 Å². The van der Waals surface area contributed by atoms with Gasteiger partial charge in [0.25, 0.3) is 0 Å². The molecule has 0 spiro atoms. The van der Waals surface area contributed by atoms with Crippen LogP contribution in [0.3, 0.4) is 0 Å². The Morgan fingerprint density at radius 1 is 1.00 bits per heavy atom. The summed E-state index contributed by atoms with van der Waals surface area (Å²) in [5, 5.41) is 1.68. The van der Waals surface area contributed by atoms with Crippen LogP contribution in [0.2, 0.25) is 5.02 Å². The van der Waals surface area contributed by atoms with Gasteiger partial charge in [-0.3, -0.25) is 4.79 Å². The largest absolute Gasteiger partial charge is 0.490 e. The van der Waals surface area contributed by atoms with E-state index in [4.69, 9.17) is 30.8 Å². The molecule has 7 heteroatoms. The number of ether oxygens (including phenoxy) is 3. The maximum atomic E-state index is 11.5. The zero-order valence-electron chi connectivity index (χ0n) is 19.3. The molecule has 5 nitrogen and oxygen atoms in total. The number of carbonyl (C=O) groups is 1. The molecule has 35 heavy (non-hydrogen) atoms. The number of nitrogens with zero attached hydrogens (tertiary/aromatic N) is 1. The molecule has 4 aromatic rings. The van der Waals surface area contributed by atoms with Crippen molar-refractivity contribution in [1.29, 1.82) is 0 Å². The third kappa shape index (κ3) is 6.41. The van der Waals surface area contributed by atoms with Gasteiger partial charge in [0.1, 0.15) is 17.9 Å². The van der Waals surface area contributed by atoms with Gasteiger partial charge in [0.15, 0.2) is 11.5 Å². The van der Waals surface area contributed by atoms with Crippen LogP contribution in [-0.2, 0) is 11.4 Å². The number of pyridine rings is 1. The Labute approximate surface area is 217 Å². The normalized spacial score (nSPS) is 11.1. The molecule has 0 unspecified atom stereocenters. The maximum absolute atomic E-state index is 11.5. The second-order valence-electron chi connectivity index (χ2n) is 7.67. The molecule has 0 bridgehead atoms. The van der Waals surface area contributed by atoms with Crippen molar-refractivity contribution in [3.8, 4) is 17.2 Å². The summed E-state index contributed by atoms with van der Waals surface area (Å²) < 4.78 is 17.7. The molecular weight excluding hydrogens is 530 g/mol. The van der Waals surface area contributed by atoms with Crippen molar-refractivity contribution in [2.75, 3.05) is 6.61 Å². The Morgan fingerprint density at radius 3 is 2.54 bits per heavy atom. The molecule has 1 heterocycles. The van der Waals surface area contributed by atoms with Gasteiger partial charge in [-0.2, -0.15) is 0 Å². The van der Waals surface area contributed by atoms with E-state index in [1.165, 1.54) is 6.92 Å². The molecule has 0 radical (unpaired) electrons. The Morgan fingerprint density at radius 2 is 1.80 bits per heavy atom. The highest BCUT2D eigenvalue weighted by atomic mass is 79.9. The summed E-state index contributed by atoms with van der Waals surface area (Å²) in [5.74, 6) is 1.15. The predicted molar refractivity (Wildman–Crippen MR) is 143 cm³/mol. The van der Waals surface area contributed by atoms with Gasteiger partial charge in [0.2, 0.25) is 0 Å². The molecule has 0 N–H and O–H groups in total. The van der Waals surface area contributed by atoms with Crippen molar-refractivity contribution in [3.05, 3.63) is 93.0 Å². The lowest BCUT2D eigenvalue weighted by Crippen LogP contribution is -2.05. The lowest BCUT2D eigenvalue weighted by molar-refractivity contribution is -0.132. The summed E-state index contributed by atoms with van der Waals surface area (Å²) in [4.78, 5) is 16.3. The molecule has 0 amide bonds. The first-order valence-electron chi connectivity index (χ1n) is 11.0. The fraction of sp³-hybridized carbons (Fsp3) is 0.143. The molecule has 0 saturated heterocycles. The van der Waals surface area contributed by atoms with Crippen molar-refractivity contribution in [3.63, 3.8) is 0 Å². The first-order chi connectivity index (χ1) is 16.9. The number of hydrogen-bond donors (Lipinski definition) is 0. The number of carbonyl (C=O) groups excluding carboxylic acids is 1. The van der Waals surface area contributed by atoms with Gasteiger partial charge in [-0.05, 0) is 76.5 Å². The number of hydrogen-bond acceptors (Lipinski definition) is 5. The van der Waals surface area contributed by atoms with Gasteiger partial charge in [0, 0.05) is 17.3 Å². The van der Waals surface area contributed by atoms with Crippen LogP contribution in [0.15, 0.2) is 71.2 Å². The molecule has 0 aliphatic rings. The van der Waals surface area contributed by atoms with Crippen LogP contribution in [0.1, 0.15) is 30.7 Å². The quantitative estimate of drug-likeness (QED) is 0.165. The minimum atomic E-state index is -0.413. The molecule has 4 rings (SSSR count). The highest BCUT2D eigenvalue weighted by Gasteiger charge is 2.13. The molecule has 1 aromatic heterocycles. The SMILES string of the molecule is CCOc1cc(/C=C\c2ccc3cccc(OCc4ccc(Cl)cc4)c3n2)cc(Br)c1OC(C)=O. The minimum absolute atomic E-state index is 0.364. The molecular formula is C28H23BrClNO4. The Kier molecular flexibility index (Phi) is 8.06. The fourth-order valence-corrected chi connectivity index (χ4v) is 4.12. The summed E-state index contributed by atoms with van der Waals surface area (Å²) in [6.07, 6.45) is 3.84. The van der Waals surface area contributed by atoms with Crippen molar-refractivity contribution in [1.82, 2.24) is 4.98 Å². The zero-order chi connectivity index (χ0) is 24.8. The van der Waals surface area contributed by atoms with Gasteiger partial charge in [-0.15, -0.1) is 0 Å². The second kappa shape index (κ2) is 11.4. The third-order valence-electron chi connectivity index (χ3n) is 5.04. The number of aromatic nitrogens is 1. The van der Waals surface area contributed by atoms with Crippen LogP contribution in [0.5, 0.6) is 17.2 Å². The number of esters is 1. The van der Waals surface area contributed by atoms with Crippen molar-refractivity contribution in [2.45, 2.75) is 20.5 Å². The van der Waals surface area contributed by atoms with E-state index in [9.17, 15) is 4.79 Å². The Hall–Kier alpha value is -3.35. The van der Waals surface area contributed by atoms with E-state index < -0.39 is 5.97 Å². The molecule has 3 aromatic carbocycles. The summed E-state index contributed by atoms with van der Waals surface area (Å²) in [7, 11) is 0. The molecule has 0 saturated carbocycles. The standard InChI is InChI=1S/C28H23BrClNO4/c1-3-33-26-16-20(15-24(29)28(26)35-18(2)32)9-13-23-14-10-21-5-4-6-25(27(21)31-23)34-17-19-7-11-22(30)12-8-19/h4-16H,3,17H2,1-2H3/b13-9-. The number of halogens is 2. The van der Waals surface area contributed by atoms with Crippen molar-refractivity contribution < 1.29 is 19.0 Å². The van der Waals surface area contributed by atoms with Gasteiger partial charge in [-0.25, -0.2) is 4.98 Å². The molecule has 0 aliphatic heterocycles. The average Bonchev–Trinajstić information content (AvgIpc) is 2.84. The van der Waals surface area contributed by atoms with Crippen LogP contribution in [0.25, 0.3) is 23.1 Å². The minimum Gasteiger partial charge on any atom is -0.490 e. The number of benzene rings is 3. The predicted octanol–water partition coefficient (Wildman–Crippen LogP) is 7.72. The highest BCUT2D eigenvalue weighted by Crippen LogP contribution is 2.37. The molecule has 0 atom stereocenters. The summed E-state index contributed by atoms with van der Waals surface area (Å²) in [6, 6.07) is 21.1. The fourth-order valence-electron chi connectivity index (χ4n) is 3.46. The third-order valence-corrected chi connectivity index (χ3v) is 5.88. The van der Waals surface area contributed by atoms with Gasteiger partial charge < -0.3 is 14.2 Å². The lowest BCUT2D eigenvalue weighted by Gasteiger charge is -2.12. The van der Waals surface area contributed by atoms with E-state index in [2.05, 4.69) is 15.9 Å². The van der Waals surface area contributed by atoms with E-state index in [0.717, 1.165) is 27.7 Å². The smallest absolute Gasteiger partial charge is 0.308 e. The van der Waals surface area contributed by atoms with Crippen LogP contribution < -0.4 is 14.2 Å². The summed E-state index contributed by atoms with van der Waals surface area (Å²) in [6.45, 7) is 4.09. The first kappa shape index (κ1) is 24.8. The van der Waals surface area contributed by atoms with Crippen LogP contribution in [-0.4, -0.2) is 17.6 Å². The highest BCUT2D eigenvalue weighted by molar-refractivity contribution is 9.10. The lowest BCUT2D eigenvalue weighted by atomic mass is 10.1. The summed E-state index contributed by atoms with van der Waals surface area (Å²) in [5.41, 5.74) is 3.45. The van der Waals surface area contributed by atoms with Crippen molar-refractivity contribution in [2.24, 2.45) is 0 Å². The Bertz CT molecular complexity index is 1390. The van der Waals surface area contributed by atoms with E-state index >= 15 is 0 Å². The zero-order valence-corrected chi connectivity index (χ0v) is 21.6. The second-order valence-corrected chi connectivity index (χ2v) is 8.96. The van der Waals surface area contributed by atoms with Crippen LogP contribution in [0.4, 0.5) is 0 Å². The first-order valence-corrected chi connectivity index (χ1v) is 12.2. The Balaban J connectivity index is 1.59. The molecule has 0 aliphatic carbocycles. The van der Waals surface area contributed by atoms with E-state index in [1.807, 2.05) is 85.8 Å². The van der Waals surface area contributed by atoms with E-state index in [1.54, 1.807) is 0 Å². The van der Waals surface area contributed by atoms with Crippen molar-refractivity contribution >= 4 is 56.6 Å². The topological polar surface area (TPSA) is 57.6 Å². The van der Waals surface area contributed by atoms with Crippen LogP contribution in [0, 0.1) is 0 Å². The maximum Gasteiger partial charge on any atom is 0.308 e. The number of rotatable bonds is 8. The van der Waals surface area contributed by atoms with E-state index in [0.29, 0.717) is 40.0 Å². The average molecular weight is 553 g/mol. The number of para-hydroxylation sites is 1. The van der Waals surface area contributed by atoms with E-state index in [-0.39, 0.29) is 0 Å². The van der Waals surface area contributed by atoms with Crippen LogP contribution >= 0.6 is 27.5 Å². The van der Waals surface area contributed by atoms with Gasteiger partial charge >= 0.3 is 5.97 Å². The summed E-state index contributed by atoms with van der Waals surface area (Å²) >= 11 is 9.45. The van der Waals surface area contributed by atoms with Gasteiger partial charge in [0.05, 0.1) is 16.8 Å². The monoisotopic (exact) mass is 551 g/mol.